The number of nitrogens with one attached hydrogen (secondary N) is 2. The molecule has 2 aliphatic rings. The van der Waals surface area contributed by atoms with E-state index in [4.69, 9.17) is 9.47 Å². The Morgan fingerprint density at radius 1 is 0.889 bits per heavy atom. The molecule has 10 nitrogen and oxygen atoms in total. The minimum absolute atomic E-state index is 0.0998. The fourth-order valence-corrected chi connectivity index (χ4v) is 4.18. The van der Waals surface area contributed by atoms with E-state index in [0.29, 0.717) is 54.5 Å². The first-order valence-corrected chi connectivity index (χ1v) is 11.6. The Labute approximate surface area is 207 Å². The number of ether oxygens (including phenoxy) is 2. The number of nitrogens with zero attached hydrogens (tertiary/aromatic N) is 3. The summed E-state index contributed by atoms with van der Waals surface area (Å²) in [5.41, 5.74) is 2.38. The number of benzene rings is 2. The monoisotopic (exact) mass is 487 g/mol. The molecule has 1 fully saturated rings. The lowest BCUT2D eigenvalue weighted by atomic mass is 10.1. The summed E-state index contributed by atoms with van der Waals surface area (Å²) in [6, 6.07) is 15.8. The number of rotatable bonds is 6. The molecule has 1 saturated heterocycles. The minimum atomic E-state index is -0.353. The second-order valence-electron chi connectivity index (χ2n) is 8.33. The van der Waals surface area contributed by atoms with Gasteiger partial charge in [-0.2, -0.15) is 0 Å². The molecule has 0 aliphatic carbocycles. The zero-order valence-corrected chi connectivity index (χ0v) is 19.5. The van der Waals surface area contributed by atoms with Crippen LogP contribution in [0.4, 0.5) is 11.4 Å². The number of piperazine rings is 1. The third kappa shape index (κ3) is 5.07. The van der Waals surface area contributed by atoms with Gasteiger partial charge in [-0.25, -0.2) is 0 Å². The molecule has 10 heteroatoms. The summed E-state index contributed by atoms with van der Waals surface area (Å²) >= 11 is 0. The molecule has 0 bridgehead atoms. The Balaban J connectivity index is 1.15. The molecule has 0 unspecified atom stereocenters. The van der Waals surface area contributed by atoms with E-state index in [9.17, 15) is 14.4 Å². The van der Waals surface area contributed by atoms with E-state index in [1.807, 2.05) is 18.2 Å². The van der Waals surface area contributed by atoms with Gasteiger partial charge in [0.05, 0.1) is 24.0 Å². The molecule has 0 atom stereocenters. The van der Waals surface area contributed by atoms with E-state index < -0.39 is 0 Å². The number of carbonyl (C=O) groups is 3. The number of anilines is 2. The zero-order valence-electron chi connectivity index (χ0n) is 19.5. The van der Waals surface area contributed by atoms with Crippen molar-refractivity contribution in [2.24, 2.45) is 0 Å². The Kier molecular flexibility index (Phi) is 6.65. The quantitative estimate of drug-likeness (QED) is 0.548. The van der Waals surface area contributed by atoms with Gasteiger partial charge in [-0.15, -0.1) is 0 Å². The lowest BCUT2D eigenvalue weighted by Crippen LogP contribution is -2.51. The van der Waals surface area contributed by atoms with Gasteiger partial charge in [-0.1, -0.05) is 12.1 Å². The minimum Gasteiger partial charge on any atom is -0.454 e. The standard InChI is InChI=1S/C26H25N5O5/c32-24(16-28-25(33)18-7-8-22-23(14-18)36-17-35-22)31-12-10-30(11-13-31)21-6-2-1-5-20(21)26(34)29-19-4-3-9-27-15-19/h1-9,14-15H,10-13,16-17H2,(H,28,33)(H,29,34). The van der Waals surface area contributed by atoms with Gasteiger partial charge in [0.2, 0.25) is 12.7 Å². The number of amides is 3. The van der Waals surface area contributed by atoms with E-state index in [1.54, 1.807) is 53.7 Å². The van der Waals surface area contributed by atoms with Crippen LogP contribution >= 0.6 is 0 Å². The van der Waals surface area contributed by atoms with Crippen LogP contribution in [-0.2, 0) is 4.79 Å². The fraction of sp³-hybridized carbons (Fsp3) is 0.231. The second-order valence-corrected chi connectivity index (χ2v) is 8.33. The van der Waals surface area contributed by atoms with Crippen LogP contribution in [0.1, 0.15) is 20.7 Å². The van der Waals surface area contributed by atoms with Crippen LogP contribution in [-0.4, -0.2) is 67.1 Å². The molecule has 3 heterocycles. The zero-order chi connectivity index (χ0) is 24.9. The van der Waals surface area contributed by atoms with Crippen molar-refractivity contribution in [3.8, 4) is 11.5 Å². The lowest BCUT2D eigenvalue weighted by molar-refractivity contribution is -0.130. The van der Waals surface area contributed by atoms with Gasteiger partial charge in [0, 0.05) is 43.6 Å². The maximum absolute atomic E-state index is 12.9. The highest BCUT2D eigenvalue weighted by molar-refractivity contribution is 6.08. The second kappa shape index (κ2) is 10.3. The van der Waals surface area contributed by atoms with Crippen molar-refractivity contribution in [2.75, 3.05) is 49.7 Å². The Morgan fingerprint density at radius 2 is 1.69 bits per heavy atom. The van der Waals surface area contributed by atoms with Crippen molar-refractivity contribution in [1.29, 1.82) is 0 Å². The van der Waals surface area contributed by atoms with Gasteiger partial charge in [-0.3, -0.25) is 19.4 Å². The molecular weight excluding hydrogens is 462 g/mol. The number of para-hydroxylation sites is 1. The smallest absolute Gasteiger partial charge is 0.257 e. The molecule has 0 spiro atoms. The average Bonchev–Trinajstić information content (AvgIpc) is 3.40. The normalized spacial score (nSPS) is 14.3. The Hall–Kier alpha value is -4.60. The summed E-state index contributed by atoms with van der Waals surface area (Å²) in [4.78, 5) is 45.9. The molecule has 0 radical (unpaired) electrons. The molecule has 2 aliphatic heterocycles. The lowest BCUT2D eigenvalue weighted by Gasteiger charge is -2.37. The highest BCUT2D eigenvalue weighted by Gasteiger charge is 2.25. The van der Waals surface area contributed by atoms with Crippen LogP contribution in [0.15, 0.2) is 67.0 Å². The average molecular weight is 488 g/mol. The van der Waals surface area contributed by atoms with Gasteiger partial charge in [0.1, 0.15) is 0 Å². The number of pyridine rings is 1. The van der Waals surface area contributed by atoms with E-state index in [1.165, 1.54) is 0 Å². The van der Waals surface area contributed by atoms with Gasteiger partial charge in [-0.05, 0) is 42.5 Å². The number of fused-ring (bicyclic) bond motifs is 1. The van der Waals surface area contributed by atoms with Crippen molar-refractivity contribution < 1.29 is 23.9 Å². The van der Waals surface area contributed by atoms with Crippen molar-refractivity contribution in [1.82, 2.24) is 15.2 Å². The Bertz CT molecular complexity index is 1270. The van der Waals surface area contributed by atoms with Gasteiger partial charge in [0.15, 0.2) is 11.5 Å². The molecule has 3 amide bonds. The molecule has 3 aromatic rings. The van der Waals surface area contributed by atoms with Crippen molar-refractivity contribution in [3.63, 3.8) is 0 Å². The van der Waals surface area contributed by atoms with Crippen molar-refractivity contribution >= 4 is 29.1 Å². The number of aromatic nitrogens is 1. The third-order valence-corrected chi connectivity index (χ3v) is 6.08. The van der Waals surface area contributed by atoms with E-state index in [-0.39, 0.29) is 31.1 Å². The first-order chi connectivity index (χ1) is 17.6. The van der Waals surface area contributed by atoms with Crippen LogP contribution < -0.4 is 25.0 Å². The maximum Gasteiger partial charge on any atom is 0.257 e. The predicted molar refractivity (Wildman–Crippen MR) is 132 cm³/mol. The first-order valence-electron chi connectivity index (χ1n) is 11.6. The SMILES string of the molecule is O=C(NCC(=O)N1CCN(c2ccccc2C(=O)Nc2cccnc2)CC1)c1ccc2c(c1)OCO2. The molecule has 2 aromatic carbocycles. The van der Waals surface area contributed by atoms with Crippen LogP contribution in [0.5, 0.6) is 11.5 Å². The van der Waals surface area contributed by atoms with Gasteiger partial charge < -0.3 is 29.9 Å². The molecule has 1 aromatic heterocycles. The largest absolute Gasteiger partial charge is 0.454 e. The van der Waals surface area contributed by atoms with Gasteiger partial charge in [0.25, 0.3) is 11.8 Å². The summed E-state index contributed by atoms with van der Waals surface area (Å²) in [7, 11) is 0. The maximum atomic E-state index is 12.9. The van der Waals surface area contributed by atoms with Crippen LogP contribution in [0.25, 0.3) is 0 Å². The van der Waals surface area contributed by atoms with Crippen LogP contribution in [0.3, 0.4) is 0 Å². The van der Waals surface area contributed by atoms with E-state index >= 15 is 0 Å². The number of hydrogen-bond donors (Lipinski definition) is 2. The van der Waals surface area contributed by atoms with Gasteiger partial charge >= 0.3 is 0 Å². The summed E-state index contributed by atoms with van der Waals surface area (Å²) in [6.45, 7) is 2.13. The third-order valence-electron chi connectivity index (χ3n) is 6.08. The number of carbonyl (C=O) groups excluding carboxylic acids is 3. The topological polar surface area (TPSA) is 113 Å². The summed E-state index contributed by atoms with van der Waals surface area (Å²) in [5, 5.41) is 5.55. The molecule has 36 heavy (non-hydrogen) atoms. The van der Waals surface area contributed by atoms with Crippen molar-refractivity contribution in [2.45, 2.75) is 0 Å². The van der Waals surface area contributed by atoms with Crippen molar-refractivity contribution in [3.05, 3.63) is 78.1 Å². The molecule has 0 saturated carbocycles. The highest BCUT2D eigenvalue weighted by Crippen LogP contribution is 2.32. The first kappa shape index (κ1) is 23.2. The predicted octanol–water partition coefficient (Wildman–Crippen LogP) is 2.14. The van der Waals surface area contributed by atoms with Crippen LogP contribution in [0, 0.1) is 0 Å². The molecule has 184 valence electrons. The van der Waals surface area contributed by atoms with E-state index in [2.05, 4.69) is 20.5 Å². The summed E-state index contributed by atoms with van der Waals surface area (Å²) < 4.78 is 10.6. The summed E-state index contributed by atoms with van der Waals surface area (Å²) in [5.74, 6) is 0.375. The fourth-order valence-electron chi connectivity index (χ4n) is 4.18. The van der Waals surface area contributed by atoms with Crippen LogP contribution in [0.2, 0.25) is 0 Å². The number of hydrogen-bond acceptors (Lipinski definition) is 7. The highest BCUT2D eigenvalue weighted by atomic mass is 16.7. The Morgan fingerprint density at radius 3 is 2.50 bits per heavy atom. The molecule has 2 N–H and O–H groups in total. The molecular formula is C26H25N5O5. The summed E-state index contributed by atoms with van der Waals surface area (Å²) in [6.07, 6.45) is 3.24. The molecule has 5 rings (SSSR count). The van der Waals surface area contributed by atoms with E-state index in [0.717, 1.165) is 5.69 Å².